The van der Waals surface area contributed by atoms with E-state index < -0.39 is 0 Å². The molecule has 0 spiro atoms. The molecule has 0 aliphatic carbocycles. The summed E-state index contributed by atoms with van der Waals surface area (Å²) < 4.78 is 11.1. The molecule has 6 heteroatoms. The summed E-state index contributed by atoms with van der Waals surface area (Å²) in [6.45, 7) is 2.51. The third-order valence-corrected chi connectivity index (χ3v) is 2.91. The van der Waals surface area contributed by atoms with E-state index in [9.17, 15) is 0 Å². The zero-order valence-electron chi connectivity index (χ0n) is 10.3. The van der Waals surface area contributed by atoms with Crippen molar-refractivity contribution in [2.24, 2.45) is 0 Å². The Hall–Kier alpha value is -1.52. The Balaban J connectivity index is 2.26. The predicted molar refractivity (Wildman–Crippen MR) is 74.3 cm³/mol. The maximum Gasteiger partial charge on any atom is 0.228 e. The zero-order chi connectivity index (χ0) is 13.7. The van der Waals surface area contributed by atoms with Crippen LogP contribution in [0.5, 0.6) is 17.4 Å². The monoisotopic (exact) mass is 298 g/mol. The van der Waals surface area contributed by atoms with Crippen LogP contribution in [0, 0.1) is 0 Å². The minimum atomic E-state index is 0.181. The second kappa shape index (κ2) is 6.59. The molecule has 19 heavy (non-hydrogen) atoms. The van der Waals surface area contributed by atoms with Gasteiger partial charge in [0, 0.05) is 6.07 Å². The van der Waals surface area contributed by atoms with Crippen LogP contribution in [0.2, 0.25) is 5.15 Å². The number of nitrogens with zero attached hydrogens (tertiary/aromatic N) is 2. The average molecular weight is 299 g/mol. The molecule has 0 radical (unpaired) electrons. The van der Waals surface area contributed by atoms with Crippen molar-refractivity contribution in [1.29, 1.82) is 0 Å². The van der Waals surface area contributed by atoms with E-state index >= 15 is 0 Å². The fraction of sp³-hybridized carbons (Fsp3) is 0.231. The molecule has 1 heterocycles. The Morgan fingerprint density at radius 1 is 1.21 bits per heavy atom. The van der Waals surface area contributed by atoms with Crippen LogP contribution < -0.4 is 9.47 Å². The molecule has 0 saturated heterocycles. The fourth-order valence-corrected chi connectivity index (χ4v) is 1.98. The molecule has 0 aliphatic rings. The van der Waals surface area contributed by atoms with Crippen molar-refractivity contribution in [3.8, 4) is 17.4 Å². The van der Waals surface area contributed by atoms with Gasteiger partial charge < -0.3 is 9.47 Å². The van der Waals surface area contributed by atoms with Crippen molar-refractivity contribution in [3.05, 3.63) is 41.3 Å². The van der Waals surface area contributed by atoms with Gasteiger partial charge in [-0.15, -0.1) is 11.6 Å². The smallest absolute Gasteiger partial charge is 0.228 e. The molecule has 1 aromatic heterocycles. The highest BCUT2D eigenvalue weighted by Gasteiger charge is 2.11. The van der Waals surface area contributed by atoms with Crippen molar-refractivity contribution in [1.82, 2.24) is 9.97 Å². The molecule has 0 unspecified atom stereocenters. The molecule has 0 aliphatic heterocycles. The molecule has 0 amide bonds. The van der Waals surface area contributed by atoms with Gasteiger partial charge in [0.15, 0.2) is 0 Å². The molecule has 0 atom stereocenters. The van der Waals surface area contributed by atoms with E-state index in [1.54, 1.807) is 12.1 Å². The van der Waals surface area contributed by atoms with Crippen molar-refractivity contribution >= 4 is 23.2 Å². The zero-order valence-corrected chi connectivity index (χ0v) is 11.8. The summed E-state index contributed by atoms with van der Waals surface area (Å²) in [6, 6.07) is 7.27. The summed E-state index contributed by atoms with van der Waals surface area (Å²) in [4.78, 5) is 7.90. The molecule has 0 bridgehead atoms. The summed E-state index contributed by atoms with van der Waals surface area (Å²) in [5, 5.41) is 0.293. The minimum absolute atomic E-state index is 0.181. The van der Waals surface area contributed by atoms with E-state index in [4.69, 9.17) is 32.7 Å². The lowest BCUT2D eigenvalue weighted by molar-refractivity contribution is 0.338. The molecular weight excluding hydrogens is 287 g/mol. The summed E-state index contributed by atoms with van der Waals surface area (Å²) in [7, 11) is 0. The summed E-state index contributed by atoms with van der Waals surface area (Å²) in [6.07, 6.45) is 1.33. The quantitative estimate of drug-likeness (QED) is 0.617. The Bertz CT molecular complexity index is 564. The van der Waals surface area contributed by atoms with Gasteiger partial charge in [-0.05, 0) is 19.1 Å². The third kappa shape index (κ3) is 3.49. The number of benzene rings is 1. The van der Waals surface area contributed by atoms with E-state index in [2.05, 4.69) is 9.97 Å². The largest absolute Gasteiger partial charge is 0.494 e. The lowest BCUT2D eigenvalue weighted by Gasteiger charge is -2.10. The van der Waals surface area contributed by atoms with Crippen LogP contribution in [0.1, 0.15) is 12.5 Å². The van der Waals surface area contributed by atoms with Crippen LogP contribution in [-0.4, -0.2) is 16.6 Å². The summed E-state index contributed by atoms with van der Waals surface area (Å²) >= 11 is 11.8. The SMILES string of the molecule is CCOc1cccc(Oc2ncnc(Cl)c2CCl)c1. The highest BCUT2D eigenvalue weighted by molar-refractivity contribution is 6.31. The van der Waals surface area contributed by atoms with E-state index in [0.29, 0.717) is 29.0 Å². The van der Waals surface area contributed by atoms with Crippen molar-refractivity contribution in [2.75, 3.05) is 6.61 Å². The molecule has 2 rings (SSSR count). The van der Waals surface area contributed by atoms with E-state index in [1.165, 1.54) is 6.33 Å². The number of halogens is 2. The van der Waals surface area contributed by atoms with Gasteiger partial charge in [-0.25, -0.2) is 9.97 Å². The van der Waals surface area contributed by atoms with E-state index in [1.807, 2.05) is 19.1 Å². The van der Waals surface area contributed by atoms with Crippen LogP contribution in [0.15, 0.2) is 30.6 Å². The third-order valence-electron chi connectivity index (χ3n) is 2.32. The van der Waals surface area contributed by atoms with Gasteiger partial charge in [0.05, 0.1) is 18.1 Å². The normalized spacial score (nSPS) is 10.3. The maximum atomic E-state index is 5.94. The predicted octanol–water partition coefficient (Wildman–Crippen LogP) is 4.06. The molecule has 1 aromatic carbocycles. The van der Waals surface area contributed by atoms with Gasteiger partial charge in [0.2, 0.25) is 5.88 Å². The van der Waals surface area contributed by atoms with Gasteiger partial charge >= 0.3 is 0 Å². The lowest BCUT2D eigenvalue weighted by atomic mass is 10.3. The molecule has 0 fully saturated rings. The van der Waals surface area contributed by atoms with Crippen LogP contribution in [0.25, 0.3) is 0 Å². The first-order valence-electron chi connectivity index (χ1n) is 5.70. The summed E-state index contributed by atoms with van der Waals surface area (Å²) in [5.41, 5.74) is 0.563. The molecular formula is C13H12Cl2N2O2. The molecule has 100 valence electrons. The Morgan fingerprint density at radius 3 is 2.74 bits per heavy atom. The Morgan fingerprint density at radius 2 is 2.00 bits per heavy atom. The van der Waals surface area contributed by atoms with E-state index in [0.717, 1.165) is 5.75 Å². The number of aromatic nitrogens is 2. The minimum Gasteiger partial charge on any atom is -0.494 e. The summed E-state index contributed by atoms with van der Waals surface area (Å²) in [5.74, 6) is 1.86. The lowest BCUT2D eigenvalue weighted by Crippen LogP contribution is -1.96. The van der Waals surface area contributed by atoms with Crippen molar-refractivity contribution in [3.63, 3.8) is 0 Å². The van der Waals surface area contributed by atoms with Gasteiger partial charge in [-0.2, -0.15) is 0 Å². The van der Waals surface area contributed by atoms with Crippen LogP contribution >= 0.6 is 23.2 Å². The van der Waals surface area contributed by atoms with E-state index in [-0.39, 0.29) is 5.88 Å². The second-order valence-corrected chi connectivity index (χ2v) is 4.22. The number of hydrogen-bond donors (Lipinski definition) is 0. The topological polar surface area (TPSA) is 44.2 Å². The highest BCUT2D eigenvalue weighted by atomic mass is 35.5. The van der Waals surface area contributed by atoms with Gasteiger partial charge in [0.25, 0.3) is 0 Å². The molecule has 0 saturated carbocycles. The number of rotatable bonds is 5. The Kier molecular flexibility index (Phi) is 4.82. The van der Waals surface area contributed by atoms with Crippen molar-refractivity contribution < 1.29 is 9.47 Å². The van der Waals surface area contributed by atoms with Gasteiger partial charge in [-0.1, -0.05) is 17.7 Å². The highest BCUT2D eigenvalue weighted by Crippen LogP contribution is 2.29. The number of ether oxygens (including phenoxy) is 2. The number of alkyl halides is 1. The van der Waals surface area contributed by atoms with Crippen LogP contribution in [0.3, 0.4) is 0 Å². The molecule has 2 aromatic rings. The first-order chi connectivity index (χ1) is 9.24. The van der Waals surface area contributed by atoms with Crippen LogP contribution in [-0.2, 0) is 5.88 Å². The molecule has 4 nitrogen and oxygen atoms in total. The Labute approximate surface area is 121 Å². The van der Waals surface area contributed by atoms with Gasteiger partial charge in [-0.3, -0.25) is 0 Å². The molecule has 0 N–H and O–H groups in total. The van der Waals surface area contributed by atoms with Gasteiger partial charge in [0.1, 0.15) is 23.0 Å². The number of hydrogen-bond acceptors (Lipinski definition) is 4. The fourth-order valence-electron chi connectivity index (χ4n) is 1.48. The average Bonchev–Trinajstić information content (AvgIpc) is 2.40. The van der Waals surface area contributed by atoms with Crippen molar-refractivity contribution in [2.45, 2.75) is 12.8 Å². The first-order valence-corrected chi connectivity index (χ1v) is 6.62. The second-order valence-electron chi connectivity index (χ2n) is 3.59. The maximum absolute atomic E-state index is 5.94. The first kappa shape index (κ1) is 13.9. The van der Waals surface area contributed by atoms with Crippen LogP contribution in [0.4, 0.5) is 0 Å². The standard InChI is InChI=1S/C13H12Cl2N2O2/c1-2-18-9-4-3-5-10(6-9)19-13-11(7-14)12(15)16-8-17-13/h3-6,8H,2,7H2,1H3.